The molecule has 0 rings (SSSR count). The SMILES string of the molecule is C=CCC(COC)NC. The van der Waals surface area contributed by atoms with E-state index in [-0.39, 0.29) is 0 Å². The Morgan fingerprint density at radius 3 is 2.78 bits per heavy atom. The fourth-order valence-electron chi connectivity index (χ4n) is 0.672. The van der Waals surface area contributed by atoms with Gasteiger partial charge in [0, 0.05) is 13.2 Å². The van der Waals surface area contributed by atoms with Crippen molar-refractivity contribution in [2.75, 3.05) is 20.8 Å². The molecular formula is C7H15NO. The van der Waals surface area contributed by atoms with Crippen LogP contribution in [-0.4, -0.2) is 26.8 Å². The maximum atomic E-state index is 4.94. The van der Waals surface area contributed by atoms with Crippen molar-refractivity contribution in [2.45, 2.75) is 12.5 Å². The van der Waals surface area contributed by atoms with Crippen molar-refractivity contribution in [2.24, 2.45) is 0 Å². The molecule has 0 saturated heterocycles. The van der Waals surface area contributed by atoms with Gasteiger partial charge in [-0.05, 0) is 13.5 Å². The lowest BCUT2D eigenvalue weighted by Gasteiger charge is -2.11. The predicted octanol–water partition coefficient (Wildman–Crippen LogP) is 0.797. The largest absolute Gasteiger partial charge is 0.383 e. The van der Waals surface area contributed by atoms with Gasteiger partial charge in [-0.25, -0.2) is 0 Å². The Kier molecular flexibility index (Phi) is 5.57. The van der Waals surface area contributed by atoms with Crippen LogP contribution in [-0.2, 0) is 4.74 Å². The first-order valence-electron chi connectivity index (χ1n) is 3.12. The number of rotatable bonds is 5. The van der Waals surface area contributed by atoms with Gasteiger partial charge in [0.15, 0.2) is 0 Å². The summed E-state index contributed by atoms with van der Waals surface area (Å²) in [5, 5.41) is 3.11. The summed E-state index contributed by atoms with van der Waals surface area (Å²) in [5.74, 6) is 0. The van der Waals surface area contributed by atoms with E-state index in [1.807, 2.05) is 13.1 Å². The second-order valence-electron chi connectivity index (χ2n) is 1.97. The van der Waals surface area contributed by atoms with Crippen molar-refractivity contribution in [3.63, 3.8) is 0 Å². The van der Waals surface area contributed by atoms with Crippen LogP contribution in [0.5, 0.6) is 0 Å². The number of nitrogens with one attached hydrogen (secondary N) is 1. The molecule has 0 aliphatic carbocycles. The number of ether oxygens (including phenoxy) is 1. The van der Waals surface area contributed by atoms with Crippen molar-refractivity contribution in [3.8, 4) is 0 Å². The molecule has 0 aliphatic heterocycles. The molecule has 0 fully saturated rings. The van der Waals surface area contributed by atoms with Crippen LogP contribution >= 0.6 is 0 Å². The molecule has 0 amide bonds. The van der Waals surface area contributed by atoms with Gasteiger partial charge in [-0.1, -0.05) is 6.08 Å². The van der Waals surface area contributed by atoms with E-state index >= 15 is 0 Å². The molecule has 1 atom stereocenters. The van der Waals surface area contributed by atoms with Gasteiger partial charge in [0.25, 0.3) is 0 Å². The van der Waals surface area contributed by atoms with E-state index in [4.69, 9.17) is 4.74 Å². The first-order valence-corrected chi connectivity index (χ1v) is 3.12. The average Bonchev–Trinajstić information content (AvgIpc) is 1.88. The van der Waals surface area contributed by atoms with E-state index in [0.717, 1.165) is 13.0 Å². The summed E-state index contributed by atoms with van der Waals surface area (Å²) < 4.78 is 4.94. The Morgan fingerprint density at radius 2 is 2.44 bits per heavy atom. The van der Waals surface area contributed by atoms with E-state index in [0.29, 0.717) is 6.04 Å². The van der Waals surface area contributed by atoms with Gasteiger partial charge in [-0.3, -0.25) is 0 Å². The molecule has 0 aromatic heterocycles. The normalized spacial score (nSPS) is 13.1. The summed E-state index contributed by atoms with van der Waals surface area (Å²) >= 11 is 0. The molecule has 0 heterocycles. The molecule has 0 aliphatic rings. The van der Waals surface area contributed by atoms with Crippen LogP contribution in [0.25, 0.3) is 0 Å². The summed E-state index contributed by atoms with van der Waals surface area (Å²) in [7, 11) is 3.63. The van der Waals surface area contributed by atoms with Gasteiger partial charge in [0.05, 0.1) is 6.61 Å². The van der Waals surface area contributed by atoms with Gasteiger partial charge in [0.2, 0.25) is 0 Å². The van der Waals surface area contributed by atoms with Crippen molar-refractivity contribution < 1.29 is 4.74 Å². The zero-order valence-corrected chi connectivity index (χ0v) is 6.18. The maximum absolute atomic E-state index is 4.94. The number of methoxy groups -OCH3 is 1. The minimum Gasteiger partial charge on any atom is -0.383 e. The lowest BCUT2D eigenvalue weighted by Crippen LogP contribution is -2.28. The number of hydrogen-bond acceptors (Lipinski definition) is 2. The smallest absolute Gasteiger partial charge is 0.0618 e. The van der Waals surface area contributed by atoms with Gasteiger partial charge in [0.1, 0.15) is 0 Å². The third-order valence-electron chi connectivity index (χ3n) is 1.23. The van der Waals surface area contributed by atoms with Crippen LogP contribution in [0.1, 0.15) is 6.42 Å². The third kappa shape index (κ3) is 4.18. The molecule has 0 spiro atoms. The highest BCUT2D eigenvalue weighted by atomic mass is 16.5. The summed E-state index contributed by atoms with van der Waals surface area (Å²) in [6, 6.07) is 0.424. The quantitative estimate of drug-likeness (QED) is 0.554. The monoisotopic (exact) mass is 129 g/mol. The van der Waals surface area contributed by atoms with E-state index in [9.17, 15) is 0 Å². The molecule has 0 saturated carbocycles. The average molecular weight is 129 g/mol. The maximum Gasteiger partial charge on any atom is 0.0618 e. The minimum absolute atomic E-state index is 0.424. The third-order valence-corrected chi connectivity index (χ3v) is 1.23. The fourth-order valence-corrected chi connectivity index (χ4v) is 0.672. The molecule has 54 valence electrons. The molecular weight excluding hydrogens is 114 g/mol. The Balaban J connectivity index is 3.28. The lowest BCUT2D eigenvalue weighted by atomic mass is 10.2. The zero-order chi connectivity index (χ0) is 7.11. The molecule has 9 heavy (non-hydrogen) atoms. The number of hydrogen-bond donors (Lipinski definition) is 1. The Hall–Kier alpha value is -0.340. The van der Waals surface area contributed by atoms with Crippen LogP contribution in [0, 0.1) is 0 Å². The highest BCUT2D eigenvalue weighted by Crippen LogP contribution is 1.90. The highest BCUT2D eigenvalue weighted by Gasteiger charge is 1.99. The van der Waals surface area contributed by atoms with E-state index in [1.54, 1.807) is 7.11 Å². The van der Waals surface area contributed by atoms with Crippen molar-refractivity contribution in [1.82, 2.24) is 5.32 Å². The molecule has 1 N–H and O–H groups in total. The first kappa shape index (κ1) is 8.66. The molecule has 0 bridgehead atoms. The Bertz CT molecular complexity index is 73.3. The predicted molar refractivity (Wildman–Crippen MR) is 39.5 cm³/mol. The second kappa shape index (κ2) is 5.79. The van der Waals surface area contributed by atoms with Gasteiger partial charge in [-0.2, -0.15) is 0 Å². The highest BCUT2D eigenvalue weighted by molar-refractivity contribution is 4.76. The first-order chi connectivity index (χ1) is 4.35. The second-order valence-corrected chi connectivity index (χ2v) is 1.97. The van der Waals surface area contributed by atoms with E-state index in [1.165, 1.54) is 0 Å². The Morgan fingerprint density at radius 1 is 1.78 bits per heavy atom. The molecule has 1 unspecified atom stereocenters. The summed E-state index contributed by atoms with van der Waals surface area (Å²) in [5.41, 5.74) is 0. The number of likely N-dealkylation sites (N-methyl/N-ethyl adjacent to an activating group) is 1. The minimum atomic E-state index is 0.424. The topological polar surface area (TPSA) is 21.3 Å². The summed E-state index contributed by atoms with van der Waals surface area (Å²) in [4.78, 5) is 0. The van der Waals surface area contributed by atoms with Gasteiger partial charge in [-0.15, -0.1) is 6.58 Å². The van der Waals surface area contributed by atoms with Gasteiger partial charge < -0.3 is 10.1 Å². The molecule has 2 heteroatoms. The van der Waals surface area contributed by atoms with Crippen molar-refractivity contribution in [1.29, 1.82) is 0 Å². The summed E-state index contributed by atoms with van der Waals surface area (Å²) in [6.07, 6.45) is 2.85. The van der Waals surface area contributed by atoms with Crippen LogP contribution < -0.4 is 5.32 Å². The van der Waals surface area contributed by atoms with Crippen LogP contribution in [0.3, 0.4) is 0 Å². The van der Waals surface area contributed by atoms with Crippen LogP contribution in [0.2, 0.25) is 0 Å². The molecule has 0 radical (unpaired) electrons. The van der Waals surface area contributed by atoms with Gasteiger partial charge >= 0.3 is 0 Å². The standard InChI is InChI=1S/C7H15NO/c1-4-5-7(8-2)6-9-3/h4,7-8H,1,5-6H2,2-3H3. The van der Waals surface area contributed by atoms with Crippen molar-refractivity contribution in [3.05, 3.63) is 12.7 Å². The van der Waals surface area contributed by atoms with Crippen LogP contribution in [0.15, 0.2) is 12.7 Å². The fraction of sp³-hybridized carbons (Fsp3) is 0.714. The van der Waals surface area contributed by atoms with Crippen molar-refractivity contribution >= 4 is 0 Å². The lowest BCUT2D eigenvalue weighted by molar-refractivity contribution is 0.170. The van der Waals surface area contributed by atoms with E-state index in [2.05, 4.69) is 11.9 Å². The Labute approximate surface area is 56.9 Å². The summed E-state index contributed by atoms with van der Waals surface area (Å²) in [6.45, 7) is 4.39. The van der Waals surface area contributed by atoms with E-state index < -0.39 is 0 Å². The molecule has 2 nitrogen and oxygen atoms in total. The zero-order valence-electron chi connectivity index (χ0n) is 6.18. The molecule has 0 aromatic rings. The van der Waals surface area contributed by atoms with Crippen LogP contribution in [0.4, 0.5) is 0 Å². The molecule has 0 aromatic carbocycles.